The van der Waals surface area contributed by atoms with Gasteiger partial charge in [0.1, 0.15) is 23.0 Å². The highest BCUT2D eigenvalue weighted by Gasteiger charge is 2.42. The van der Waals surface area contributed by atoms with E-state index in [0.29, 0.717) is 42.0 Å². The van der Waals surface area contributed by atoms with Gasteiger partial charge in [0.15, 0.2) is 0 Å². The zero-order chi connectivity index (χ0) is 27.6. The molecular weight excluding hydrogens is 478 g/mol. The first-order chi connectivity index (χ1) is 17.9. The lowest BCUT2D eigenvalue weighted by molar-refractivity contribution is -0.124. The summed E-state index contributed by atoms with van der Waals surface area (Å²) >= 11 is 0. The molecule has 0 radical (unpaired) electrons. The van der Waals surface area contributed by atoms with Crippen LogP contribution in [-0.2, 0) is 4.79 Å². The standard InChI is InChI=1S/C30H43N5O3/c1-6-13-35-14-11-30(20-31,12-15-35)34-26(36)23(16-21-17-28(2,3)19-29(4,5)18-21)32-25-22-9-7-8-10-24(22)38-27(37)33-25/h7-10,21,23H,6,11-19H2,1-5H3,(H,34,36)(H,32,33,37)/t23-/m1/s1. The topological polar surface area (TPSA) is 111 Å². The second-order valence-electron chi connectivity index (χ2n) is 13.1. The third kappa shape index (κ3) is 6.74. The number of hydrogen-bond donors (Lipinski definition) is 2. The third-order valence-electron chi connectivity index (χ3n) is 8.20. The summed E-state index contributed by atoms with van der Waals surface area (Å²) in [6.07, 6.45) is 6.03. The van der Waals surface area contributed by atoms with Crippen LogP contribution in [0.3, 0.4) is 0 Å². The van der Waals surface area contributed by atoms with Crippen LogP contribution in [0.25, 0.3) is 11.0 Å². The SMILES string of the molecule is CCCN1CCC(C#N)(NC(=O)[C@@H](CC2CC(C)(C)CC(C)(C)C2)Nc2nc(=O)oc3ccccc23)CC1. The minimum absolute atomic E-state index is 0.173. The molecule has 1 saturated heterocycles. The molecule has 1 aromatic heterocycles. The number of anilines is 1. The molecule has 1 aromatic carbocycles. The average Bonchev–Trinajstić information content (AvgIpc) is 2.83. The van der Waals surface area contributed by atoms with Crippen LogP contribution in [0.2, 0.25) is 0 Å². The lowest BCUT2D eigenvalue weighted by Crippen LogP contribution is -2.57. The number of aromatic nitrogens is 1. The molecule has 1 aliphatic carbocycles. The molecule has 0 unspecified atom stereocenters. The maximum atomic E-state index is 13.9. The lowest BCUT2D eigenvalue weighted by atomic mass is 9.60. The van der Waals surface area contributed by atoms with E-state index in [0.717, 1.165) is 45.3 Å². The van der Waals surface area contributed by atoms with Crippen molar-refractivity contribution in [1.82, 2.24) is 15.2 Å². The van der Waals surface area contributed by atoms with Gasteiger partial charge < -0.3 is 20.0 Å². The number of carbonyl (C=O) groups is 1. The Morgan fingerprint density at radius 2 is 1.84 bits per heavy atom. The Morgan fingerprint density at radius 3 is 2.47 bits per heavy atom. The maximum absolute atomic E-state index is 13.9. The molecule has 2 heterocycles. The van der Waals surface area contributed by atoms with Gasteiger partial charge in [-0.05, 0) is 80.4 Å². The van der Waals surface area contributed by atoms with Crippen molar-refractivity contribution < 1.29 is 9.21 Å². The second kappa shape index (κ2) is 11.1. The highest BCUT2D eigenvalue weighted by molar-refractivity contribution is 5.91. The van der Waals surface area contributed by atoms with E-state index in [1.54, 1.807) is 12.1 Å². The van der Waals surface area contributed by atoms with Crippen LogP contribution in [0.15, 0.2) is 33.5 Å². The summed E-state index contributed by atoms with van der Waals surface area (Å²) in [6.45, 7) is 13.9. The summed E-state index contributed by atoms with van der Waals surface area (Å²) in [5, 5.41) is 17.3. The highest BCUT2D eigenvalue weighted by Crippen LogP contribution is 2.49. The van der Waals surface area contributed by atoms with Gasteiger partial charge in [0.2, 0.25) is 5.91 Å². The summed E-state index contributed by atoms with van der Waals surface area (Å²) in [4.78, 5) is 32.6. The number of likely N-dealkylation sites (tertiary alicyclic amines) is 1. The zero-order valence-corrected chi connectivity index (χ0v) is 23.6. The quantitative estimate of drug-likeness (QED) is 0.497. The van der Waals surface area contributed by atoms with Crippen molar-refractivity contribution in [2.75, 3.05) is 25.0 Å². The fourth-order valence-corrected chi connectivity index (χ4v) is 7.16. The third-order valence-corrected chi connectivity index (χ3v) is 8.20. The molecule has 1 aliphatic heterocycles. The first-order valence-corrected chi connectivity index (χ1v) is 14.1. The minimum Gasteiger partial charge on any atom is -0.408 e. The molecule has 38 heavy (non-hydrogen) atoms. The number of nitrogens with zero attached hydrogens (tertiary/aromatic N) is 3. The Bertz CT molecular complexity index is 1220. The molecule has 206 valence electrons. The largest absolute Gasteiger partial charge is 0.441 e. The minimum atomic E-state index is -0.891. The molecule has 0 bridgehead atoms. The number of amides is 1. The van der Waals surface area contributed by atoms with Crippen molar-refractivity contribution >= 4 is 22.7 Å². The Hall–Kier alpha value is -2.92. The number of nitriles is 1. The molecule has 2 aliphatic rings. The van der Waals surface area contributed by atoms with Crippen molar-refractivity contribution in [3.8, 4) is 6.07 Å². The summed E-state index contributed by atoms with van der Waals surface area (Å²) in [5.74, 6) is -0.263. The van der Waals surface area contributed by atoms with E-state index in [-0.39, 0.29) is 16.7 Å². The van der Waals surface area contributed by atoms with E-state index >= 15 is 0 Å². The predicted octanol–water partition coefficient (Wildman–Crippen LogP) is 5.10. The summed E-state index contributed by atoms with van der Waals surface area (Å²) in [6, 6.07) is 9.00. The van der Waals surface area contributed by atoms with Gasteiger partial charge in [-0.2, -0.15) is 10.2 Å². The van der Waals surface area contributed by atoms with Crippen molar-refractivity contribution in [2.24, 2.45) is 16.7 Å². The van der Waals surface area contributed by atoms with Crippen molar-refractivity contribution in [3.63, 3.8) is 0 Å². The number of fused-ring (bicyclic) bond motifs is 1. The number of benzene rings is 1. The zero-order valence-electron chi connectivity index (χ0n) is 23.6. The smallest absolute Gasteiger partial charge is 0.408 e. The van der Waals surface area contributed by atoms with Gasteiger partial charge in [-0.25, -0.2) is 4.79 Å². The van der Waals surface area contributed by atoms with E-state index in [2.05, 4.69) is 61.2 Å². The van der Waals surface area contributed by atoms with E-state index < -0.39 is 17.3 Å². The molecule has 2 aromatic rings. The fraction of sp³-hybridized carbons (Fsp3) is 0.667. The van der Waals surface area contributed by atoms with E-state index in [1.807, 2.05) is 12.1 Å². The Balaban J connectivity index is 1.61. The summed E-state index contributed by atoms with van der Waals surface area (Å²) < 4.78 is 5.28. The monoisotopic (exact) mass is 521 g/mol. The Labute approximate surface area is 226 Å². The molecular formula is C30H43N5O3. The maximum Gasteiger partial charge on any atom is 0.441 e. The van der Waals surface area contributed by atoms with Crippen LogP contribution in [-0.4, -0.2) is 47.0 Å². The molecule has 8 heteroatoms. The highest BCUT2D eigenvalue weighted by atomic mass is 16.4. The molecule has 2 fully saturated rings. The molecule has 4 rings (SSSR count). The van der Waals surface area contributed by atoms with Crippen LogP contribution in [0, 0.1) is 28.1 Å². The Kier molecular flexibility index (Phi) is 8.17. The van der Waals surface area contributed by atoms with Gasteiger partial charge in [0, 0.05) is 13.1 Å². The molecule has 8 nitrogen and oxygen atoms in total. The number of piperidine rings is 1. The molecule has 0 spiro atoms. The van der Waals surface area contributed by atoms with E-state index in [4.69, 9.17) is 4.42 Å². The van der Waals surface area contributed by atoms with Crippen LogP contribution < -0.4 is 16.4 Å². The number of rotatable bonds is 8. The van der Waals surface area contributed by atoms with Crippen LogP contribution in [0.4, 0.5) is 5.82 Å². The van der Waals surface area contributed by atoms with Crippen molar-refractivity contribution in [1.29, 1.82) is 5.26 Å². The number of nitrogens with one attached hydrogen (secondary N) is 2. The van der Waals surface area contributed by atoms with E-state index in [1.165, 1.54) is 0 Å². The van der Waals surface area contributed by atoms with Gasteiger partial charge in [-0.1, -0.05) is 46.8 Å². The van der Waals surface area contributed by atoms with Crippen molar-refractivity contribution in [2.45, 2.75) is 91.1 Å². The summed E-state index contributed by atoms with van der Waals surface area (Å²) in [7, 11) is 0. The van der Waals surface area contributed by atoms with E-state index in [9.17, 15) is 14.9 Å². The van der Waals surface area contributed by atoms with Crippen LogP contribution in [0.1, 0.15) is 79.6 Å². The second-order valence-corrected chi connectivity index (χ2v) is 13.1. The van der Waals surface area contributed by atoms with Gasteiger partial charge in [-0.15, -0.1) is 0 Å². The van der Waals surface area contributed by atoms with Gasteiger partial charge in [0.25, 0.3) is 0 Å². The van der Waals surface area contributed by atoms with Gasteiger partial charge >= 0.3 is 5.76 Å². The molecule has 2 N–H and O–H groups in total. The van der Waals surface area contributed by atoms with Gasteiger partial charge in [0.05, 0.1) is 11.5 Å². The summed E-state index contributed by atoms with van der Waals surface area (Å²) in [5.41, 5.74) is -0.124. The van der Waals surface area contributed by atoms with Crippen molar-refractivity contribution in [3.05, 3.63) is 34.8 Å². The van der Waals surface area contributed by atoms with Crippen LogP contribution in [0.5, 0.6) is 0 Å². The molecule has 1 atom stereocenters. The number of hydrogen-bond acceptors (Lipinski definition) is 7. The first-order valence-electron chi connectivity index (χ1n) is 14.1. The number of para-hydroxylation sites is 1. The number of carbonyl (C=O) groups excluding carboxylic acids is 1. The normalized spacial score (nSPS) is 21.9. The van der Waals surface area contributed by atoms with Gasteiger partial charge in [-0.3, -0.25) is 4.79 Å². The Morgan fingerprint density at radius 1 is 1.18 bits per heavy atom. The fourth-order valence-electron chi connectivity index (χ4n) is 7.16. The molecule has 1 saturated carbocycles. The predicted molar refractivity (Wildman–Crippen MR) is 150 cm³/mol. The first kappa shape index (κ1) is 28.1. The lowest BCUT2D eigenvalue weighted by Gasteiger charge is -2.46. The van der Waals surface area contributed by atoms with Crippen LogP contribution >= 0.6 is 0 Å². The average molecular weight is 522 g/mol. The molecule has 1 amide bonds.